The van der Waals surface area contributed by atoms with Crippen LogP contribution in [0.15, 0.2) is 30.3 Å². The van der Waals surface area contributed by atoms with Gasteiger partial charge in [0.1, 0.15) is 0 Å². The van der Waals surface area contributed by atoms with Gasteiger partial charge < -0.3 is 5.32 Å². The van der Waals surface area contributed by atoms with E-state index in [1.54, 1.807) is 0 Å². The molecule has 1 rings (SSSR count). The maximum Gasteiger partial charge on any atom is 0.0359 e. The number of aryl methyl sites for hydroxylation is 1. The second-order valence-electron chi connectivity index (χ2n) is 3.77. The molecule has 0 heterocycles. The van der Waals surface area contributed by atoms with Crippen molar-refractivity contribution in [3.05, 3.63) is 35.9 Å². The molecule has 0 amide bonds. The number of rotatable bonds is 8. The lowest BCUT2D eigenvalue weighted by Crippen LogP contribution is -2.22. The molecule has 0 spiro atoms. The summed E-state index contributed by atoms with van der Waals surface area (Å²) in [5.74, 6) is 1.55. The van der Waals surface area contributed by atoms with Crippen molar-refractivity contribution in [2.45, 2.75) is 19.8 Å². The van der Waals surface area contributed by atoms with E-state index in [0.29, 0.717) is 0 Å². The molecule has 0 radical (unpaired) electrons. The summed E-state index contributed by atoms with van der Waals surface area (Å²) in [5.41, 5.74) is 1.39. The molecule has 0 aliphatic rings. The Morgan fingerprint density at radius 3 is 2.62 bits per heavy atom. The van der Waals surface area contributed by atoms with E-state index in [-0.39, 0.29) is 0 Å². The van der Waals surface area contributed by atoms with Crippen molar-refractivity contribution in [3.8, 4) is 0 Å². The summed E-state index contributed by atoms with van der Waals surface area (Å²) in [7, 11) is -0.631. The lowest BCUT2D eigenvalue weighted by Gasteiger charge is -2.04. The smallest absolute Gasteiger partial charge is 0.0359 e. The van der Waals surface area contributed by atoms with Crippen LogP contribution in [-0.4, -0.2) is 28.8 Å². The van der Waals surface area contributed by atoms with Gasteiger partial charge in [-0.25, -0.2) is 0 Å². The summed E-state index contributed by atoms with van der Waals surface area (Å²) < 4.78 is 11.1. The molecule has 1 aromatic rings. The molecule has 0 aromatic heterocycles. The first-order valence-corrected chi connectivity index (χ1v) is 7.41. The molecule has 1 unspecified atom stereocenters. The third-order valence-electron chi connectivity index (χ3n) is 2.49. The van der Waals surface area contributed by atoms with Crippen molar-refractivity contribution in [2.24, 2.45) is 0 Å². The first-order chi connectivity index (χ1) is 7.83. The summed E-state index contributed by atoms with van der Waals surface area (Å²) >= 11 is 0. The summed E-state index contributed by atoms with van der Waals surface area (Å²) in [6.07, 6.45) is 2.26. The van der Waals surface area contributed by atoms with Crippen LogP contribution in [0.3, 0.4) is 0 Å². The fraction of sp³-hybridized carbons (Fsp3) is 0.538. The quantitative estimate of drug-likeness (QED) is 0.703. The van der Waals surface area contributed by atoms with Crippen LogP contribution < -0.4 is 5.32 Å². The van der Waals surface area contributed by atoms with Crippen molar-refractivity contribution in [3.63, 3.8) is 0 Å². The number of benzene rings is 1. The van der Waals surface area contributed by atoms with Gasteiger partial charge in [-0.3, -0.25) is 4.21 Å². The molecular weight excluding hydrogens is 218 g/mol. The molecular formula is C13H21NOS. The fourth-order valence-corrected chi connectivity index (χ4v) is 2.18. The molecule has 2 nitrogen and oxygen atoms in total. The van der Waals surface area contributed by atoms with Gasteiger partial charge in [-0.2, -0.15) is 0 Å². The third-order valence-corrected chi connectivity index (χ3v) is 3.79. The highest BCUT2D eigenvalue weighted by Crippen LogP contribution is 2.01. The maximum absolute atomic E-state index is 11.1. The van der Waals surface area contributed by atoms with E-state index in [1.807, 2.05) is 13.0 Å². The van der Waals surface area contributed by atoms with E-state index in [4.69, 9.17) is 0 Å². The van der Waals surface area contributed by atoms with Crippen LogP contribution in [0.1, 0.15) is 18.9 Å². The van der Waals surface area contributed by atoms with E-state index >= 15 is 0 Å². The van der Waals surface area contributed by atoms with Crippen LogP contribution >= 0.6 is 0 Å². The van der Waals surface area contributed by atoms with E-state index < -0.39 is 10.8 Å². The molecule has 0 fully saturated rings. The standard InChI is InChI=1S/C13H21NOS/c1-2-16(15)12-11-14-10-6-9-13-7-4-3-5-8-13/h3-5,7-8,14H,2,6,9-12H2,1H3. The highest BCUT2D eigenvalue weighted by Gasteiger charge is 1.95. The van der Waals surface area contributed by atoms with Gasteiger partial charge in [0.05, 0.1) is 0 Å². The molecule has 90 valence electrons. The average molecular weight is 239 g/mol. The van der Waals surface area contributed by atoms with Gasteiger partial charge in [0, 0.05) is 28.9 Å². The fourth-order valence-electron chi connectivity index (χ4n) is 1.52. The predicted molar refractivity (Wildman–Crippen MR) is 71.2 cm³/mol. The molecule has 1 atom stereocenters. The zero-order valence-corrected chi connectivity index (χ0v) is 10.8. The molecule has 16 heavy (non-hydrogen) atoms. The Morgan fingerprint density at radius 1 is 1.19 bits per heavy atom. The Morgan fingerprint density at radius 2 is 1.94 bits per heavy atom. The Bertz CT molecular complexity index is 300. The van der Waals surface area contributed by atoms with Crippen LogP contribution in [0, 0.1) is 0 Å². The third kappa shape index (κ3) is 6.03. The van der Waals surface area contributed by atoms with Crippen LogP contribution in [0.25, 0.3) is 0 Å². The van der Waals surface area contributed by atoms with Gasteiger partial charge in [-0.1, -0.05) is 37.3 Å². The Hall–Kier alpha value is -0.670. The van der Waals surface area contributed by atoms with Crippen molar-refractivity contribution in [1.82, 2.24) is 5.32 Å². The first kappa shape index (κ1) is 13.4. The molecule has 3 heteroatoms. The van der Waals surface area contributed by atoms with E-state index in [0.717, 1.165) is 37.4 Å². The van der Waals surface area contributed by atoms with Gasteiger partial charge in [0.15, 0.2) is 0 Å². The maximum atomic E-state index is 11.1. The lowest BCUT2D eigenvalue weighted by molar-refractivity contribution is 0.659. The molecule has 0 bridgehead atoms. The van der Waals surface area contributed by atoms with E-state index in [1.165, 1.54) is 5.56 Å². The van der Waals surface area contributed by atoms with Crippen LogP contribution in [-0.2, 0) is 17.2 Å². The number of hydrogen-bond acceptors (Lipinski definition) is 2. The Kier molecular flexibility index (Phi) is 7.10. The Labute approximate surface area is 101 Å². The molecule has 0 aliphatic carbocycles. The molecule has 0 saturated carbocycles. The van der Waals surface area contributed by atoms with Gasteiger partial charge in [0.25, 0.3) is 0 Å². The second-order valence-corrected chi connectivity index (χ2v) is 5.64. The lowest BCUT2D eigenvalue weighted by atomic mass is 10.1. The molecule has 0 saturated heterocycles. The summed E-state index contributed by atoms with van der Waals surface area (Å²) in [6.45, 7) is 3.84. The average Bonchev–Trinajstić information content (AvgIpc) is 2.34. The minimum absolute atomic E-state index is 0.631. The minimum atomic E-state index is -0.631. The van der Waals surface area contributed by atoms with Crippen molar-refractivity contribution >= 4 is 10.8 Å². The van der Waals surface area contributed by atoms with Gasteiger partial charge >= 0.3 is 0 Å². The second kappa shape index (κ2) is 8.48. The highest BCUT2D eigenvalue weighted by atomic mass is 32.2. The molecule has 1 aromatic carbocycles. The highest BCUT2D eigenvalue weighted by molar-refractivity contribution is 7.84. The van der Waals surface area contributed by atoms with Crippen LogP contribution in [0.4, 0.5) is 0 Å². The topological polar surface area (TPSA) is 29.1 Å². The van der Waals surface area contributed by atoms with Gasteiger partial charge in [-0.05, 0) is 24.9 Å². The summed E-state index contributed by atoms with van der Waals surface area (Å²) in [4.78, 5) is 0. The van der Waals surface area contributed by atoms with E-state index in [9.17, 15) is 4.21 Å². The van der Waals surface area contributed by atoms with Crippen molar-refractivity contribution in [2.75, 3.05) is 24.6 Å². The van der Waals surface area contributed by atoms with Crippen LogP contribution in [0.2, 0.25) is 0 Å². The normalized spacial score (nSPS) is 12.6. The zero-order chi connectivity index (χ0) is 11.6. The van der Waals surface area contributed by atoms with Crippen molar-refractivity contribution < 1.29 is 4.21 Å². The molecule has 0 aliphatic heterocycles. The minimum Gasteiger partial charge on any atom is -0.316 e. The predicted octanol–water partition coefficient (Wildman–Crippen LogP) is 1.98. The first-order valence-electron chi connectivity index (χ1n) is 5.92. The van der Waals surface area contributed by atoms with Gasteiger partial charge in [0.2, 0.25) is 0 Å². The number of hydrogen-bond donors (Lipinski definition) is 1. The summed E-state index contributed by atoms with van der Waals surface area (Å²) in [6, 6.07) is 10.5. The van der Waals surface area contributed by atoms with Crippen molar-refractivity contribution in [1.29, 1.82) is 0 Å². The van der Waals surface area contributed by atoms with Crippen LogP contribution in [0.5, 0.6) is 0 Å². The number of nitrogens with one attached hydrogen (secondary N) is 1. The van der Waals surface area contributed by atoms with Gasteiger partial charge in [-0.15, -0.1) is 0 Å². The largest absolute Gasteiger partial charge is 0.316 e. The SMILES string of the molecule is CCS(=O)CCNCCCc1ccccc1. The summed E-state index contributed by atoms with van der Waals surface area (Å²) in [5, 5.41) is 3.33. The molecule has 1 N–H and O–H groups in total. The van der Waals surface area contributed by atoms with E-state index in [2.05, 4.69) is 29.6 Å². The monoisotopic (exact) mass is 239 g/mol. The Balaban J connectivity index is 1.98. The zero-order valence-electron chi connectivity index (χ0n) is 9.95.